The van der Waals surface area contributed by atoms with Gasteiger partial charge in [-0.15, -0.1) is 0 Å². The van der Waals surface area contributed by atoms with E-state index in [1.54, 1.807) is 0 Å². The normalized spacial score (nSPS) is 18.4. The number of carbonyl (C=O) groups is 1. The summed E-state index contributed by atoms with van der Waals surface area (Å²) >= 11 is 0. The Bertz CT molecular complexity index is 980. The third-order valence-electron chi connectivity index (χ3n) is 5.49. The van der Waals surface area contributed by atoms with Crippen molar-refractivity contribution in [1.82, 2.24) is 15.1 Å². The van der Waals surface area contributed by atoms with Crippen molar-refractivity contribution in [2.45, 2.75) is 31.9 Å². The van der Waals surface area contributed by atoms with Gasteiger partial charge in [-0.05, 0) is 24.5 Å². The highest BCUT2D eigenvalue weighted by molar-refractivity contribution is 5.82. The van der Waals surface area contributed by atoms with E-state index in [1.807, 2.05) is 41.3 Å². The van der Waals surface area contributed by atoms with E-state index in [2.05, 4.69) is 28.4 Å². The standard InChI is InChI=1S/C22H21N3O2/c26-22(20-11-10-15-6-4-5-9-19(15)27-20)25-13-12-18-17(14-25)21(24-23-18)16-7-2-1-3-8-16/h1-9,20H,10-14H2,(H,23,24)/t20-/m1/s1. The second kappa shape index (κ2) is 6.58. The Morgan fingerprint density at radius 2 is 1.89 bits per heavy atom. The molecule has 5 rings (SSSR count). The number of H-pyrrole nitrogens is 1. The van der Waals surface area contributed by atoms with Crippen molar-refractivity contribution in [1.29, 1.82) is 0 Å². The molecule has 0 unspecified atom stereocenters. The van der Waals surface area contributed by atoms with Gasteiger partial charge in [0.2, 0.25) is 0 Å². The lowest BCUT2D eigenvalue weighted by Crippen LogP contribution is -2.45. The van der Waals surface area contributed by atoms with Gasteiger partial charge < -0.3 is 9.64 Å². The van der Waals surface area contributed by atoms with Gasteiger partial charge in [-0.1, -0.05) is 48.5 Å². The largest absolute Gasteiger partial charge is 0.480 e. The summed E-state index contributed by atoms with van der Waals surface area (Å²) < 4.78 is 6.02. The predicted octanol–water partition coefficient (Wildman–Crippen LogP) is 3.36. The number of rotatable bonds is 2. The molecule has 0 saturated heterocycles. The molecule has 0 fully saturated rings. The molecule has 2 aliphatic rings. The second-order valence-electron chi connectivity index (χ2n) is 7.16. The van der Waals surface area contributed by atoms with E-state index in [0.717, 1.165) is 47.5 Å². The van der Waals surface area contributed by atoms with Gasteiger partial charge in [0.25, 0.3) is 5.91 Å². The van der Waals surface area contributed by atoms with Crippen LogP contribution >= 0.6 is 0 Å². The number of aromatic amines is 1. The molecule has 3 aromatic rings. The van der Waals surface area contributed by atoms with Crippen LogP contribution in [0.25, 0.3) is 11.3 Å². The van der Waals surface area contributed by atoms with E-state index in [1.165, 1.54) is 5.56 Å². The van der Waals surface area contributed by atoms with E-state index in [4.69, 9.17) is 4.74 Å². The number of nitrogens with zero attached hydrogens (tertiary/aromatic N) is 2. The van der Waals surface area contributed by atoms with Gasteiger partial charge in [0, 0.05) is 36.3 Å². The molecule has 1 N–H and O–H groups in total. The number of para-hydroxylation sites is 1. The number of hydrogen-bond acceptors (Lipinski definition) is 3. The topological polar surface area (TPSA) is 58.2 Å². The molecule has 0 aliphatic carbocycles. The molecule has 0 bridgehead atoms. The number of aryl methyl sites for hydroxylation is 1. The van der Waals surface area contributed by atoms with Crippen molar-refractivity contribution in [3.05, 3.63) is 71.4 Å². The van der Waals surface area contributed by atoms with E-state index in [0.29, 0.717) is 13.1 Å². The number of ether oxygens (including phenoxy) is 1. The van der Waals surface area contributed by atoms with Gasteiger partial charge in [0.05, 0.1) is 5.69 Å². The molecule has 1 aromatic heterocycles. The average molecular weight is 359 g/mol. The molecule has 1 amide bonds. The molecule has 0 saturated carbocycles. The SMILES string of the molecule is O=C([C@H]1CCc2ccccc2O1)N1CCc2[nH]nc(-c3ccccc3)c2C1. The van der Waals surface area contributed by atoms with Crippen molar-refractivity contribution in [3.63, 3.8) is 0 Å². The first kappa shape index (κ1) is 16.1. The average Bonchev–Trinajstić information content (AvgIpc) is 3.17. The highest BCUT2D eigenvalue weighted by Crippen LogP contribution is 2.31. The molecule has 2 aliphatic heterocycles. The fourth-order valence-corrected chi connectivity index (χ4v) is 4.02. The quantitative estimate of drug-likeness (QED) is 0.763. The monoisotopic (exact) mass is 359 g/mol. The summed E-state index contributed by atoms with van der Waals surface area (Å²) in [6, 6.07) is 18.1. The summed E-state index contributed by atoms with van der Waals surface area (Å²) in [6.07, 6.45) is 2.01. The van der Waals surface area contributed by atoms with Crippen LogP contribution in [0.4, 0.5) is 0 Å². The first-order valence-electron chi connectivity index (χ1n) is 9.44. The number of nitrogens with one attached hydrogen (secondary N) is 1. The molecular formula is C22H21N3O2. The Kier molecular flexibility index (Phi) is 3.93. The van der Waals surface area contributed by atoms with Crippen LogP contribution < -0.4 is 4.74 Å². The van der Waals surface area contributed by atoms with Crippen molar-refractivity contribution in [2.75, 3.05) is 6.54 Å². The van der Waals surface area contributed by atoms with Crippen molar-refractivity contribution in [2.24, 2.45) is 0 Å². The minimum absolute atomic E-state index is 0.0790. The van der Waals surface area contributed by atoms with E-state index in [-0.39, 0.29) is 5.91 Å². The molecule has 1 atom stereocenters. The maximum atomic E-state index is 13.1. The number of benzene rings is 2. The Morgan fingerprint density at radius 3 is 2.78 bits per heavy atom. The van der Waals surface area contributed by atoms with Crippen LogP contribution in [0.5, 0.6) is 5.75 Å². The number of carbonyl (C=O) groups excluding carboxylic acids is 1. The summed E-state index contributed by atoms with van der Waals surface area (Å²) in [5.41, 5.74) is 5.46. The fourth-order valence-electron chi connectivity index (χ4n) is 4.02. The van der Waals surface area contributed by atoms with Gasteiger partial charge in [-0.2, -0.15) is 5.10 Å². The lowest BCUT2D eigenvalue weighted by atomic mass is 9.98. The first-order valence-corrected chi connectivity index (χ1v) is 9.44. The molecule has 0 spiro atoms. The summed E-state index contributed by atoms with van der Waals surface area (Å²) in [6.45, 7) is 1.28. The van der Waals surface area contributed by atoms with Crippen LogP contribution in [0, 0.1) is 0 Å². The minimum Gasteiger partial charge on any atom is -0.480 e. The zero-order valence-electron chi connectivity index (χ0n) is 15.0. The van der Waals surface area contributed by atoms with Crippen molar-refractivity contribution < 1.29 is 9.53 Å². The summed E-state index contributed by atoms with van der Waals surface area (Å²) in [4.78, 5) is 15.0. The maximum Gasteiger partial charge on any atom is 0.263 e. The fraction of sp³-hybridized carbons (Fsp3) is 0.273. The molecule has 5 heteroatoms. The van der Waals surface area contributed by atoms with E-state index in [9.17, 15) is 4.79 Å². The van der Waals surface area contributed by atoms with E-state index < -0.39 is 6.10 Å². The Labute approximate surface area is 158 Å². The molecule has 136 valence electrons. The van der Waals surface area contributed by atoms with Gasteiger partial charge in [0.1, 0.15) is 5.75 Å². The Morgan fingerprint density at radius 1 is 1.07 bits per heavy atom. The van der Waals surface area contributed by atoms with Crippen LogP contribution in [-0.2, 0) is 24.2 Å². The Balaban J connectivity index is 1.37. The zero-order valence-corrected chi connectivity index (χ0v) is 15.0. The van der Waals surface area contributed by atoms with Crippen molar-refractivity contribution in [3.8, 4) is 17.0 Å². The number of fused-ring (bicyclic) bond motifs is 2. The highest BCUT2D eigenvalue weighted by atomic mass is 16.5. The molecular weight excluding hydrogens is 338 g/mol. The maximum absolute atomic E-state index is 13.1. The summed E-state index contributed by atoms with van der Waals surface area (Å²) in [5, 5.41) is 7.67. The van der Waals surface area contributed by atoms with Crippen LogP contribution in [0.15, 0.2) is 54.6 Å². The molecule has 27 heavy (non-hydrogen) atoms. The molecule has 5 nitrogen and oxygen atoms in total. The second-order valence-corrected chi connectivity index (χ2v) is 7.16. The minimum atomic E-state index is -0.395. The van der Waals surface area contributed by atoms with Gasteiger partial charge in [0.15, 0.2) is 6.10 Å². The van der Waals surface area contributed by atoms with E-state index >= 15 is 0 Å². The smallest absolute Gasteiger partial charge is 0.263 e. The number of hydrogen-bond donors (Lipinski definition) is 1. The van der Waals surface area contributed by atoms with Crippen LogP contribution in [0.1, 0.15) is 23.2 Å². The summed E-state index contributed by atoms with van der Waals surface area (Å²) in [5.74, 6) is 0.920. The van der Waals surface area contributed by atoms with Crippen molar-refractivity contribution >= 4 is 5.91 Å². The van der Waals surface area contributed by atoms with Crippen LogP contribution in [0.2, 0.25) is 0 Å². The van der Waals surface area contributed by atoms with Crippen LogP contribution in [-0.4, -0.2) is 33.7 Å². The predicted molar refractivity (Wildman–Crippen MR) is 102 cm³/mol. The van der Waals surface area contributed by atoms with Crippen LogP contribution in [0.3, 0.4) is 0 Å². The summed E-state index contributed by atoms with van der Waals surface area (Å²) in [7, 11) is 0. The number of aromatic nitrogens is 2. The van der Waals surface area contributed by atoms with Gasteiger partial charge in [-0.3, -0.25) is 9.89 Å². The first-order chi connectivity index (χ1) is 13.3. The number of amides is 1. The highest BCUT2D eigenvalue weighted by Gasteiger charge is 2.33. The third kappa shape index (κ3) is 2.89. The van der Waals surface area contributed by atoms with Gasteiger partial charge in [-0.25, -0.2) is 0 Å². The zero-order chi connectivity index (χ0) is 18.2. The third-order valence-corrected chi connectivity index (χ3v) is 5.49. The molecule has 3 heterocycles. The molecule has 0 radical (unpaired) electrons. The molecule has 2 aromatic carbocycles. The Hall–Kier alpha value is -3.08. The lowest BCUT2D eigenvalue weighted by Gasteiger charge is -2.33. The lowest BCUT2D eigenvalue weighted by molar-refractivity contribution is -0.140. The van der Waals surface area contributed by atoms with Gasteiger partial charge >= 0.3 is 0 Å².